The van der Waals surface area contributed by atoms with Crippen LogP contribution >= 0.6 is 15.9 Å². The number of rotatable bonds is 6. The summed E-state index contributed by atoms with van der Waals surface area (Å²) in [4.78, 5) is 14.7. The van der Waals surface area contributed by atoms with E-state index >= 15 is 0 Å². The minimum Gasteiger partial charge on any atom is -0.317 e. The second kappa shape index (κ2) is 6.98. The highest BCUT2D eigenvalue weighted by Gasteiger charge is 2.24. The van der Waals surface area contributed by atoms with Crippen LogP contribution in [0.15, 0.2) is 41.0 Å². The zero-order valence-corrected chi connectivity index (χ0v) is 13.7. The molecule has 0 bridgehead atoms. The fourth-order valence-corrected chi connectivity index (χ4v) is 2.52. The monoisotopic (exact) mass is 350 g/mol. The van der Waals surface area contributed by atoms with E-state index in [0.29, 0.717) is 16.7 Å². The third-order valence-electron chi connectivity index (χ3n) is 3.23. The highest BCUT2D eigenvalue weighted by atomic mass is 79.9. The Bertz CT molecular complexity index is 609. The Morgan fingerprint density at radius 1 is 1.38 bits per heavy atom. The van der Waals surface area contributed by atoms with Crippen LogP contribution in [-0.4, -0.2) is 41.1 Å². The molecule has 0 saturated heterocycles. The number of aromatic nitrogens is 2. The Morgan fingerprint density at radius 3 is 2.67 bits per heavy atom. The average molecular weight is 351 g/mol. The molecular formula is C15H19BrN4O. The number of halogens is 1. The minimum atomic E-state index is -0.683. The van der Waals surface area contributed by atoms with Gasteiger partial charge in [-0.05, 0) is 35.6 Å². The number of nitrogens with two attached hydrogens (primary N) is 1. The Kier molecular flexibility index (Phi) is 5.27. The summed E-state index contributed by atoms with van der Waals surface area (Å²) in [7, 11) is 3.96. The minimum absolute atomic E-state index is 0.135. The Balaban J connectivity index is 2.24. The maximum Gasteiger partial charge on any atom is 0.203 e. The van der Waals surface area contributed by atoms with Crippen molar-refractivity contribution in [3.63, 3.8) is 0 Å². The Morgan fingerprint density at radius 2 is 2.05 bits per heavy atom. The van der Waals surface area contributed by atoms with E-state index in [1.54, 1.807) is 10.9 Å². The van der Waals surface area contributed by atoms with Crippen LogP contribution in [0.4, 0.5) is 0 Å². The van der Waals surface area contributed by atoms with Gasteiger partial charge < -0.3 is 10.6 Å². The van der Waals surface area contributed by atoms with Crippen molar-refractivity contribution < 1.29 is 4.79 Å². The summed E-state index contributed by atoms with van der Waals surface area (Å²) in [5.41, 5.74) is 7.42. The normalized spacial score (nSPS) is 12.6. The summed E-state index contributed by atoms with van der Waals surface area (Å²) < 4.78 is 2.38. The van der Waals surface area contributed by atoms with Gasteiger partial charge in [0.15, 0.2) is 0 Å². The van der Waals surface area contributed by atoms with Gasteiger partial charge in [-0.15, -0.1) is 0 Å². The second-order valence-corrected chi connectivity index (χ2v) is 5.97. The predicted octanol–water partition coefficient (Wildman–Crippen LogP) is 2.09. The van der Waals surface area contributed by atoms with E-state index in [1.165, 1.54) is 0 Å². The molecule has 2 rings (SSSR count). The number of carbonyl (C=O) groups excluding carboxylic acids is 1. The average Bonchev–Trinajstić information content (AvgIpc) is 2.85. The fraction of sp³-hybridized carbons (Fsp3) is 0.333. The van der Waals surface area contributed by atoms with E-state index in [-0.39, 0.29) is 5.78 Å². The molecule has 1 aromatic heterocycles. The van der Waals surface area contributed by atoms with E-state index in [0.717, 1.165) is 12.1 Å². The van der Waals surface area contributed by atoms with Crippen LogP contribution in [0.2, 0.25) is 0 Å². The molecule has 0 aliphatic rings. The first-order valence-electron chi connectivity index (χ1n) is 6.71. The summed E-state index contributed by atoms with van der Waals surface area (Å²) in [5.74, 6) is -0.135. The topological polar surface area (TPSA) is 64.2 Å². The highest BCUT2D eigenvalue weighted by molar-refractivity contribution is 9.10. The Hall–Kier alpha value is -1.50. The molecule has 2 N–H and O–H groups in total. The van der Waals surface area contributed by atoms with Crippen molar-refractivity contribution >= 4 is 21.7 Å². The Labute approximate surface area is 132 Å². The first kappa shape index (κ1) is 15.9. The zero-order chi connectivity index (χ0) is 15.4. The van der Waals surface area contributed by atoms with Gasteiger partial charge >= 0.3 is 0 Å². The van der Waals surface area contributed by atoms with E-state index < -0.39 is 6.04 Å². The van der Waals surface area contributed by atoms with Crippen LogP contribution in [0.1, 0.15) is 22.1 Å². The molecule has 0 spiro atoms. The van der Waals surface area contributed by atoms with Gasteiger partial charge in [-0.1, -0.05) is 30.3 Å². The van der Waals surface area contributed by atoms with Crippen molar-refractivity contribution in [1.29, 1.82) is 0 Å². The van der Waals surface area contributed by atoms with E-state index in [2.05, 4.69) is 21.0 Å². The van der Waals surface area contributed by atoms with Crippen LogP contribution < -0.4 is 5.73 Å². The summed E-state index contributed by atoms with van der Waals surface area (Å²) >= 11 is 3.39. The van der Waals surface area contributed by atoms with Crippen LogP contribution in [0, 0.1) is 0 Å². The smallest absolute Gasteiger partial charge is 0.203 e. The van der Waals surface area contributed by atoms with E-state index in [4.69, 9.17) is 5.73 Å². The quantitative estimate of drug-likeness (QED) is 0.810. The van der Waals surface area contributed by atoms with Gasteiger partial charge in [-0.2, -0.15) is 5.10 Å². The molecule has 0 saturated carbocycles. The molecule has 5 nitrogen and oxygen atoms in total. The van der Waals surface area contributed by atoms with E-state index in [1.807, 2.05) is 49.3 Å². The van der Waals surface area contributed by atoms with Crippen molar-refractivity contribution in [2.75, 3.05) is 20.6 Å². The molecule has 1 unspecified atom stereocenters. The van der Waals surface area contributed by atoms with Crippen LogP contribution in [0.25, 0.3) is 0 Å². The first-order chi connectivity index (χ1) is 10.0. The zero-order valence-electron chi connectivity index (χ0n) is 12.2. The molecule has 0 fully saturated rings. The standard InChI is InChI=1S/C15H19BrN4O/c1-19(2)8-9-20-14(12(16)10-18-20)15(21)13(17)11-6-4-3-5-7-11/h3-7,10,13H,8-9,17H2,1-2H3. The molecule has 0 amide bonds. The summed E-state index contributed by atoms with van der Waals surface area (Å²) in [6.07, 6.45) is 1.64. The van der Waals surface area contributed by atoms with Crippen LogP contribution in [0.5, 0.6) is 0 Å². The first-order valence-corrected chi connectivity index (χ1v) is 7.50. The molecule has 1 atom stereocenters. The summed E-state index contributed by atoms with van der Waals surface area (Å²) in [6.45, 7) is 1.44. The maximum atomic E-state index is 12.7. The molecule has 112 valence electrons. The SMILES string of the molecule is CN(C)CCn1ncc(Br)c1C(=O)C(N)c1ccccc1. The molecular weight excluding hydrogens is 332 g/mol. The maximum absolute atomic E-state index is 12.7. The van der Waals surface area contributed by atoms with Gasteiger partial charge in [0.2, 0.25) is 5.78 Å². The number of nitrogens with zero attached hydrogens (tertiary/aromatic N) is 3. The third-order valence-corrected chi connectivity index (χ3v) is 3.81. The van der Waals surface area contributed by atoms with Gasteiger partial charge in [-0.3, -0.25) is 9.48 Å². The van der Waals surface area contributed by atoms with Crippen LogP contribution in [-0.2, 0) is 6.54 Å². The van der Waals surface area contributed by atoms with Crippen LogP contribution in [0.3, 0.4) is 0 Å². The summed E-state index contributed by atoms with van der Waals surface area (Å²) in [5, 5.41) is 4.25. The highest BCUT2D eigenvalue weighted by Crippen LogP contribution is 2.22. The number of likely N-dealkylation sites (N-methyl/N-ethyl adjacent to an activating group) is 1. The molecule has 0 aliphatic carbocycles. The van der Waals surface area contributed by atoms with Crippen molar-refractivity contribution in [2.24, 2.45) is 5.73 Å². The molecule has 1 heterocycles. The molecule has 2 aromatic rings. The molecule has 21 heavy (non-hydrogen) atoms. The fourth-order valence-electron chi connectivity index (χ4n) is 2.03. The number of ketones is 1. The summed E-state index contributed by atoms with van der Waals surface area (Å²) in [6, 6.07) is 8.69. The molecule has 6 heteroatoms. The lowest BCUT2D eigenvalue weighted by Crippen LogP contribution is -2.27. The lowest BCUT2D eigenvalue weighted by Gasteiger charge is -2.15. The number of hydrogen-bond donors (Lipinski definition) is 1. The number of Topliss-reactive ketones (excluding diaryl/α,β-unsaturated/α-hetero) is 1. The van der Waals surface area contributed by atoms with Crippen molar-refractivity contribution in [1.82, 2.24) is 14.7 Å². The molecule has 1 aromatic carbocycles. The van der Waals surface area contributed by atoms with Gasteiger partial charge in [0.1, 0.15) is 5.69 Å². The van der Waals surface area contributed by atoms with Crippen molar-refractivity contribution in [3.05, 3.63) is 52.3 Å². The number of hydrogen-bond acceptors (Lipinski definition) is 4. The third kappa shape index (κ3) is 3.78. The molecule has 0 aliphatic heterocycles. The van der Waals surface area contributed by atoms with Crippen molar-refractivity contribution in [2.45, 2.75) is 12.6 Å². The molecule has 0 radical (unpaired) electrons. The van der Waals surface area contributed by atoms with Crippen molar-refractivity contribution in [3.8, 4) is 0 Å². The largest absolute Gasteiger partial charge is 0.317 e. The van der Waals surface area contributed by atoms with Gasteiger partial charge in [0.05, 0.1) is 23.3 Å². The predicted molar refractivity (Wildman–Crippen MR) is 86.2 cm³/mol. The number of benzene rings is 1. The van der Waals surface area contributed by atoms with E-state index in [9.17, 15) is 4.79 Å². The second-order valence-electron chi connectivity index (χ2n) is 5.12. The lowest BCUT2D eigenvalue weighted by molar-refractivity contribution is 0.0949. The number of carbonyl (C=O) groups is 1. The van der Waals surface area contributed by atoms with Gasteiger partial charge in [-0.25, -0.2) is 0 Å². The van der Waals surface area contributed by atoms with Gasteiger partial charge in [0.25, 0.3) is 0 Å². The lowest BCUT2D eigenvalue weighted by atomic mass is 10.0. The van der Waals surface area contributed by atoms with Gasteiger partial charge in [0, 0.05) is 6.54 Å².